The van der Waals surface area contributed by atoms with Crippen LogP contribution in [0.25, 0.3) is 0 Å². The van der Waals surface area contributed by atoms with E-state index in [1.165, 1.54) is 0 Å². The number of esters is 2. The summed E-state index contributed by atoms with van der Waals surface area (Å²) in [5.41, 5.74) is -0.567. The molecule has 5 aliphatic carbocycles. The fourth-order valence-electron chi connectivity index (χ4n) is 11.8. The second kappa shape index (κ2) is 6.81. The number of carbonyl (C=O) groups excluding carboxylic acids is 2. The van der Waals surface area contributed by atoms with Crippen molar-refractivity contribution in [1.82, 2.24) is 0 Å². The van der Waals surface area contributed by atoms with E-state index in [0.29, 0.717) is 11.8 Å². The van der Waals surface area contributed by atoms with E-state index >= 15 is 0 Å². The predicted octanol–water partition coefficient (Wildman–Crippen LogP) is 7.11. The van der Waals surface area contributed by atoms with Crippen molar-refractivity contribution in [1.29, 1.82) is 0 Å². The third-order valence-electron chi connectivity index (χ3n) is 14.0. The van der Waals surface area contributed by atoms with Crippen LogP contribution in [0.2, 0.25) is 0 Å². The van der Waals surface area contributed by atoms with Crippen molar-refractivity contribution in [3.63, 3.8) is 0 Å². The fraction of sp³-hybridized carbons (Fsp3) is 0.875. The lowest BCUT2D eigenvalue weighted by Gasteiger charge is -2.65. The van der Waals surface area contributed by atoms with E-state index in [1.807, 2.05) is 0 Å². The van der Waals surface area contributed by atoms with Crippen LogP contribution in [0.15, 0.2) is 12.2 Å². The molecular formula is C32H48O4. The minimum Gasteiger partial charge on any atom is -0.462 e. The topological polar surface area (TPSA) is 52.6 Å². The summed E-state index contributed by atoms with van der Waals surface area (Å²) in [4.78, 5) is 26.3. The van der Waals surface area contributed by atoms with Gasteiger partial charge in [0.05, 0.1) is 5.41 Å². The highest BCUT2D eigenvalue weighted by molar-refractivity contribution is 5.83. The number of carbonyl (C=O) groups is 2. The van der Waals surface area contributed by atoms with Gasteiger partial charge in [-0.05, 0) is 73.0 Å². The number of rotatable bonds is 1. The van der Waals surface area contributed by atoms with Crippen LogP contribution >= 0.6 is 0 Å². The molecule has 6 aliphatic rings. The molecule has 5 fully saturated rings. The first-order valence-corrected chi connectivity index (χ1v) is 14.6. The molecule has 0 amide bonds. The Morgan fingerprint density at radius 2 is 1.61 bits per heavy atom. The van der Waals surface area contributed by atoms with E-state index < -0.39 is 5.41 Å². The van der Waals surface area contributed by atoms with Crippen LogP contribution in [0.4, 0.5) is 0 Å². The van der Waals surface area contributed by atoms with Crippen LogP contribution in [0.5, 0.6) is 0 Å². The molecule has 6 rings (SSSR count). The van der Waals surface area contributed by atoms with E-state index in [-0.39, 0.29) is 62.6 Å². The SMILES string of the molecule is CC(=O)O[C@H]1CC[C@]2(C)[C@H]3C[C@@]45C(=O)O[C@H]6[C@@H]4[C@@](C)(C=C[C@@]5(C)[C@]3(C)CC[C@H]2C1(C)C)CCC6(C)C. The van der Waals surface area contributed by atoms with E-state index in [0.717, 1.165) is 44.9 Å². The summed E-state index contributed by atoms with van der Waals surface area (Å²) in [5.74, 6) is 1.07. The fourth-order valence-corrected chi connectivity index (χ4v) is 11.8. The van der Waals surface area contributed by atoms with Gasteiger partial charge in [0.1, 0.15) is 12.2 Å². The smallest absolute Gasteiger partial charge is 0.313 e. The highest BCUT2D eigenvalue weighted by atomic mass is 16.6. The first-order valence-electron chi connectivity index (χ1n) is 14.6. The van der Waals surface area contributed by atoms with Gasteiger partial charge in [-0.15, -0.1) is 0 Å². The van der Waals surface area contributed by atoms with Gasteiger partial charge in [-0.2, -0.15) is 0 Å². The number of hydrogen-bond acceptors (Lipinski definition) is 4. The van der Waals surface area contributed by atoms with Crippen molar-refractivity contribution < 1.29 is 19.1 Å². The Balaban J connectivity index is 1.49. The minimum atomic E-state index is -0.451. The van der Waals surface area contributed by atoms with E-state index in [4.69, 9.17) is 9.47 Å². The van der Waals surface area contributed by atoms with Gasteiger partial charge in [0.25, 0.3) is 0 Å². The standard InChI is InChI=1S/C32H48O4/c1-19(33)35-22-11-12-29(7)20(27(22,4)5)10-13-30(8)21(29)18-32-23-24(36-25(32)34)26(2,3)14-15-28(23,6)16-17-31(30,32)9/h16-17,20-24H,10-15,18H2,1-9H3/t20-,21+,22-,23+,24-,28+,29-,30+,31-,32-/m0/s1. The maximum atomic E-state index is 14.3. The summed E-state index contributed by atoms with van der Waals surface area (Å²) in [6.07, 6.45) is 12.4. The largest absolute Gasteiger partial charge is 0.462 e. The van der Waals surface area contributed by atoms with E-state index in [9.17, 15) is 9.59 Å². The molecule has 1 saturated heterocycles. The average molecular weight is 497 g/mol. The zero-order chi connectivity index (χ0) is 26.3. The molecule has 0 aromatic carbocycles. The second-order valence-corrected chi connectivity index (χ2v) is 16.0. The number of allylic oxidation sites excluding steroid dienone is 2. The summed E-state index contributed by atoms with van der Waals surface area (Å²) in [7, 11) is 0. The van der Waals surface area contributed by atoms with Gasteiger partial charge in [0.2, 0.25) is 0 Å². The third kappa shape index (κ3) is 2.54. The lowest BCUT2D eigenvalue weighted by atomic mass is 9.39. The van der Waals surface area contributed by atoms with Crippen LogP contribution in [0.1, 0.15) is 107 Å². The van der Waals surface area contributed by atoms with Crippen LogP contribution < -0.4 is 0 Å². The van der Waals surface area contributed by atoms with Crippen LogP contribution in [0.3, 0.4) is 0 Å². The third-order valence-corrected chi connectivity index (χ3v) is 14.0. The monoisotopic (exact) mass is 496 g/mol. The van der Waals surface area contributed by atoms with Crippen molar-refractivity contribution >= 4 is 11.9 Å². The molecule has 0 N–H and O–H groups in total. The van der Waals surface area contributed by atoms with E-state index in [2.05, 4.69) is 67.5 Å². The lowest BCUT2D eigenvalue weighted by molar-refractivity contribution is -0.193. The molecule has 4 heteroatoms. The first kappa shape index (κ1) is 25.0. The molecular weight excluding hydrogens is 448 g/mol. The van der Waals surface area contributed by atoms with Gasteiger partial charge in [-0.25, -0.2) is 0 Å². The lowest BCUT2D eigenvalue weighted by Crippen LogP contribution is -2.61. The predicted molar refractivity (Wildman–Crippen MR) is 140 cm³/mol. The highest BCUT2D eigenvalue weighted by Crippen LogP contribution is 2.83. The zero-order valence-corrected chi connectivity index (χ0v) is 24.1. The van der Waals surface area contributed by atoms with Crippen LogP contribution in [-0.2, 0) is 19.1 Å². The van der Waals surface area contributed by atoms with Gasteiger partial charge in [0, 0.05) is 29.1 Å². The molecule has 36 heavy (non-hydrogen) atoms. The Labute approximate surface area is 218 Å². The summed E-state index contributed by atoms with van der Waals surface area (Å²) in [6.45, 7) is 20.7. The minimum absolute atomic E-state index is 0.00322. The molecule has 0 aromatic rings. The van der Waals surface area contributed by atoms with E-state index in [1.54, 1.807) is 6.92 Å². The summed E-state index contributed by atoms with van der Waals surface area (Å²) >= 11 is 0. The van der Waals surface area contributed by atoms with Gasteiger partial charge in [0.15, 0.2) is 0 Å². The Morgan fingerprint density at radius 3 is 2.28 bits per heavy atom. The van der Waals surface area contributed by atoms with Gasteiger partial charge in [-0.1, -0.05) is 67.5 Å². The molecule has 0 bridgehead atoms. The molecule has 0 unspecified atom stereocenters. The van der Waals surface area contributed by atoms with Gasteiger partial charge >= 0.3 is 11.9 Å². The second-order valence-electron chi connectivity index (χ2n) is 16.0. The van der Waals surface area contributed by atoms with Crippen molar-refractivity contribution in [3.05, 3.63) is 12.2 Å². The maximum Gasteiger partial charge on any atom is 0.313 e. The van der Waals surface area contributed by atoms with Gasteiger partial charge in [-0.3, -0.25) is 9.59 Å². The first-order chi connectivity index (χ1) is 16.5. The quantitative estimate of drug-likeness (QED) is 0.287. The van der Waals surface area contributed by atoms with Crippen LogP contribution in [0, 0.1) is 55.7 Å². The number of ether oxygens (including phenoxy) is 2. The Bertz CT molecular complexity index is 1060. The molecule has 1 spiro atoms. The summed E-state index contributed by atoms with van der Waals surface area (Å²) in [5, 5.41) is 0. The highest BCUT2D eigenvalue weighted by Gasteiger charge is 2.83. The molecule has 10 atom stereocenters. The molecule has 0 radical (unpaired) electrons. The number of fused-ring (bicyclic) bond motifs is 4. The average Bonchev–Trinajstić information content (AvgIpc) is 3.20. The molecule has 200 valence electrons. The van der Waals surface area contributed by atoms with Crippen molar-refractivity contribution in [3.8, 4) is 0 Å². The maximum absolute atomic E-state index is 14.3. The zero-order valence-electron chi connectivity index (χ0n) is 24.1. The number of hydrogen-bond donors (Lipinski definition) is 0. The normalized spacial score (nSPS) is 55.6. The van der Waals surface area contributed by atoms with Crippen LogP contribution in [-0.4, -0.2) is 24.1 Å². The Hall–Kier alpha value is -1.32. The Kier molecular flexibility index (Phi) is 4.73. The summed E-state index contributed by atoms with van der Waals surface area (Å²) in [6, 6.07) is 0. The van der Waals surface area contributed by atoms with Crippen molar-refractivity contribution in [2.24, 2.45) is 55.7 Å². The molecule has 0 aromatic heterocycles. The molecule has 4 nitrogen and oxygen atoms in total. The molecule has 1 heterocycles. The molecule has 1 aliphatic heterocycles. The van der Waals surface area contributed by atoms with Gasteiger partial charge < -0.3 is 9.47 Å². The molecule has 4 saturated carbocycles. The van der Waals surface area contributed by atoms with Crippen molar-refractivity contribution in [2.75, 3.05) is 0 Å². The Morgan fingerprint density at radius 1 is 0.917 bits per heavy atom. The summed E-state index contributed by atoms with van der Waals surface area (Å²) < 4.78 is 12.4. The van der Waals surface area contributed by atoms with Crippen molar-refractivity contribution in [2.45, 2.75) is 119 Å².